The van der Waals surface area contributed by atoms with Gasteiger partial charge in [-0.2, -0.15) is 0 Å². The quantitative estimate of drug-likeness (QED) is 0.685. The Hall–Kier alpha value is -0.890. The first-order valence-corrected chi connectivity index (χ1v) is 7.31. The fourth-order valence-electron chi connectivity index (χ4n) is 2.24. The van der Waals surface area contributed by atoms with Crippen LogP contribution in [0.2, 0.25) is 0 Å². The first-order chi connectivity index (χ1) is 8.18. The Morgan fingerprint density at radius 3 is 2.65 bits per heavy atom. The minimum absolute atomic E-state index is 0.271. The average Bonchev–Trinajstić information content (AvgIpc) is 2.58. The van der Waals surface area contributed by atoms with Crippen molar-refractivity contribution in [2.24, 2.45) is 0 Å². The molecule has 1 aromatic heterocycles. The van der Waals surface area contributed by atoms with E-state index in [2.05, 4.69) is 19.9 Å². The predicted molar refractivity (Wildman–Crippen MR) is 73.9 cm³/mol. The van der Waals surface area contributed by atoms with Crippen LogP contribution in [0.1, 0.15) is 58.6 Å². The number of hydrogen-bond acceptors (Lipinski definition) is 2. The zero-order valence-corrected chi connectivity index (χ0v) is 11.5. The SMILES string of the molecule is Cc1cc(C(=O)/C2=C/CCCCCC2)sc1C. The molecule has 0 amide bonds. The Bertz CT molecular complexity index is 420. The minimum atomic E-state index is 0.271. The first-order valence-electron chi connectivity index (χ1n) is 6.49. The van der Waals surface area contributed by atoms with Gasteiger partial charge in [0.2, 0.25) is 0 Å². The van der Waals surface area contributed by atoms with Gasteiger partial charge in [-0.05, 0) is 56.7 Å². The lowest BCUT2D eigenvalue weighted by Gasteiger charge is -2.09. The molecule has 17 heavy (non-hydrogen) atoms. The normalized spacial score (nSPS) is 20.2. The molecule has 2 rings (SSSR count). The summed E-state index contributed by atoms with van der Waals surface area (Å²) in [6.07, 6.45) is 9.20. The third kappa shape index (κ3) is 3.06. The molecule has 1 aliphatic carbocycles. The highest BCUT2D eigenvalue weighted by molar-refractivity contribution is 7.14. The van der Waals surface area contributed by atoms with Gasteiger partial charge in [0.1, 0.15) is 0 Å². The van der Waals surface area contributed by atoms with Gasteiger partial charge in [-0.25, -0.2) is 0 Å². The summed E-state index contributed by atoms with van der Waals surface area (Å²) >= 11 is 1.64. The number of ketones is 1. The maximum absolute atomic E-state index is 12.4. The van der Waals surface area contributed by atoms with Gasteiger partial charge in [0, 0.05) is 4.88 Å². The molecule has 0 aromatic carbocycles. The van der Waals surface area contributed by atoms with Crippen LogP contribution in [0.5, 0.6) is 0 Å². The van der Waals surface area contributed by atoms with E-state index < -0.39 is 0 Å². The molecule has 1 heterocycles. The van der Waals surface area contributed by atoms with Crippen LogP contribution in [-0.4, -0.2) is 5.78 Å². The second kappa shape index (κ2) is 5.63. The number of hydrogen-bond donors (Lipinski definition) is 0. The second-order valence-corrected chi connectivity index (χ2v) is 6.12. The van der Waals surface area contributed by atoms with Gasteiger partial charge < -0.3 is 0 Å². The fraction of sp³-hybridized carbons (Fsp3) is 0.533. The molecular weight excluding hydrogens is 228 g/mol. The van der Waals surface area contributed by atoms with Crippen molar-refractivity contribution >= 4 is 17.1 Å². The third-order valence-electron chi connectivity index (χ3n) is 3.47. The number of aryl methyl sites for hydroxylation is 2. The number of rotatable bonds is 2. The van der Waals surface area contributed by atoms with Gasteiger partial charge in [-0.15, -0.1) is 11.3 Å². The van der Waals surface area contributed by atoms with Gasteiger partial charge in [0.25, 0.3) is 0 Å². The van der Waals surface area contributed by atoms with Crippen LogP contribution in [0.25, 0.3) is 0 Å². The van der Waals surface area contributed by atoms with Crippen molar-refractivity contribution in [1.29, 1.82) is 0 Å². The average molecular weight is 248 g/mol. The van der Waals surface area contributed by atoms with Crippen LogP contribution in [0.4, 0.5) is 0 Å². The van der Waals surface area contributed by atoms with E-state index in [9.17, 15) is 4.79 Å². The van der Waals surface area contributed by atoms with Crippen molar-refractivity contribution in [3.05, 3.63) is 33.0 Å². The highest BCUT2D eigenvalue weighted by atomic mass is 32.1. The monoisotopic (exact) mass is 248 g/mol. The molecule has 0 bridgehead atoms. The lowest BCUT2D eigenvalue weighted by molar-refractivity contribution is 0.103. The number of carbonyl (C=O) groups is 1. The molecule has 2 heteroatoms. The molecule has 1 nitrogen and oxygen atoms in total. The molecule has 1 aliphatic rings. The lowest BCUT2D eigenvalue weighted by atomic mass is 9.96. The van der Waals surface area contributed by atoms with Crippen LogP contribution in [0.3, 0.4) is 0 Å². The number of Topliss-reactive ketones (excluding diaryl/α,β-unsaturated/α-hetero) is 1. The summed E-state index contributed by atoms with van der Waals surface area (Å²) in [7, 11) is 0. The standard InChI is InChI=1S/C15H20OS/c1-11-10-14(17-12(11)2)15(16)13-8-6-4-3-5-7-9-13/h8,10H,3-7,9H2,1-2H3/b13-8+. The zero-order valence-electron chi connectivity index (χ0n) is 10.7. The van der Waals surface area contributed by atoms with Crippen LogP contribution in [0.15, 0.2) is 17.7 Å². The molecule has 0 saturated carbocycles. The first kappa shape index (κ1) is 12.6. The van der Waals surface area contributed by atoms with Gasteiger partial charge >= 0.3 is 0 Å². The van der Waals surface area contributed by atoms with Crippen LogP contribution in [0, 0.1) is 13.8 Å². The summed E-state index contributed by atoms with van der Waals surface area (Å²) in [4.78, 5) is 14.6. The van der Waals surface area contributed by atoms with Gasteiger partial charge in [0.15, 0.2) is 5.78 Å². The van der Waals surface area contributed by atoms with Crippen molar-refractivity contribution in [2.45, 2.75) is 52.4 Å². The highest BCUT2D eigenvalue weighted by Gasteiger charge is 2.15. The molecule has 0 atom stereocenters. The van der Waals surface area contributed by atoms with Crippen molar-refractivity contribution in [3.63, 3.8) is 0 Å². The van der Waals surface area contributed by atoms with Crippen molar-refractivity contribution in [3.8, 4) is 0 Å². The smallest absolute Gasteiger partial charge is 0.198 e. The van der Waals surface area contributed by atoms with E-state index in [1.54, 1.807) is 11.3 Å². The largest absolute Gasteiger partial charge is 0.288 e. The third-order valence-corrected chi connectivity index (χ3v) is 4.62. The van der Waals surface area contributed by atoms with Crippen LogP contribution >= 0.6 is 11.3 Å². The van der Waals surface area contributed by atoms with E-state index in [0.29, 0.717) is 0 Å². The number of carbonyl (C=O) groups excluding carboxylic acids is 1. The molecule has 0 unspecified atom stereocenters. The van der Waals surface area contributed by atoms with E-state index in [4.69, 9.17) is 0 Å². The summed E-state index contributed by atoms with van der Waals surface area (Å²) < 4.78 is 0. The summed E-state index contributed by atoms with van der Waals surface area (Å²) in [6, 6.07) is 2.04. The summed E-state index contributed by atoms with van der Waals surface area (Å²) in [5.41, 5.74) is 2.29. The van der Waals surface area contributed by atoms with Crippen molar-refractivity contribution in [1.82, 2.24) is 0 Å². The number of thiophene rings is 1. The van der Waals surface area contributed by atoms with Crippen molar-refractivity contribution < 1.29 is 4.79 Å². The topological polar surface area (TPSA) is 17.1 Å². The van der Waals surface area contributed by atoms with Crippen molar-refractivity contribution in [2.75, 3.05) is 0 Å². The highest BCUT2D eigenvalue weighted by Crippen LogP contribution is 2.26. The molecule has 0 spiro atoms. The fourth-order valence-corrected chi connectivity index (χ4v) is 3.25. The van der Waals surface area contributed by atoms with E-state index in [-0.39, 0.29) is 5.78 Å². The summed E-state index contributed by atoms with van der Waals surface area (Å²) in [6.45, 7) is 4.17. The molecular formula is C15H20OS. The Kier molecular flexibility index (Phi) is 4.16. The van der Waals surface area contributed by atoms with E-state index in [0.717, 1.165) is 23.3 Å². The molecule has 0 saturated heterocycles. The maximum Gasteiger partial charge on any atom is 0.198 e. The van der Waals surface area contributed by atoms with Crippen LogP contribution < -0.4 is 0 Å². The van der Waals surface area contributed by atoms with Crippen LogP contribution in [-0.2, 0) is 0 Å². The Morgan fingerprint density at radius 2 is 1.94 bits per heavy atom. The Labute approximate surface area is 108 Å². The Morgan fingerprint density at radius 1 is 1.18 bits per heavy atom. The minimum Gasteiger partial charge on any atom is -0.288 e. The van der Waals surface area contributed by atoms with Gasteiger partial charge in [0.05, 0.1) is 4.88 Å². The number of allylic oxidation sites excluding steroid dienone is 2. The van der Waals surface area contributed by atoms with Gasteiger partial charge in [-0.3, -0.25) is 4.79 Å². The molecule has 0 radical (unpaired) electrons. The summed E-state index contributed by atoms with van der Waals surface area (Å²) in [5.74, 6) is 0.271. The summed E-state index contributed by atoms with van der Waals surface area (Å²) in [5, 5.41) is 0. The van der Waals surface area contributed by atoms with E-state index in [1.807, 2.05) is 6.07 Å². The second-order valence-electron chi connectivity index (χ2n) is 4.86. The molecule has 1 aromatic rings. The Balaban J connectivity index is 2.17. The molecule has 0 N–H and O–H groups in total. The molecule has 0 fully saturated rings. The van der Waals surface area contributed by atoms with E-state index in [1.165, 1.54) is 36.1 Å². The predicted octanol–water partition coefficient (Wildman–Crippen LogP) is 4.83. The zero-order chi connectivity index (χ0) is 12.3. The lowest BCUT2D eigenvalue weighted by Crippen LogP contribution is -2.03. The molecule has 0 aliphatic heterocycles. The van der Waals surface area contributed by atoms with E-state index >= 15 is 0 Å². The maximum atomic E-state index is 12.4. The van der Waals surface area contributed by atoms with Gasteiger partial charge in [-0.1, -0.05) is 18.9 Å². The molecule has 92 valence electrons.